The molecule has 0 atom stereocenters. The molecule has 1 N–H and O–H groups in total. The van der Waals surface area contributed by atoms with Gasteiger partial charge in [-0.15, -0.1) is 0 Å². The Balaban J connectivity index is 1.55. The van der Waals surface area contributed by atoms with E-state index < -0.39 is 0 Å². The van der Waals surface area contributed by atoms with Gasteiger partial charge in [0.1, 0.15) is 11.5 Å². The monoisotopic (exact) mass is 357 g/mol. The number of benzene rings is 1. The van der Waals surface area contributed by atoms with Crippen LogP contribution in [0.5, 0.6) is 0 Å². The van der Waals surface area contributed by atoms with Crippen LogP contribution in [0, 0.1) is 5.82 Å². The highest BCUT2D eigenvalue weighted by Crippen LogP contribution is 2.19. The zero-order chi connectivity index (χ0) is 18.4. The van der Waals surface area contributed by atoms with E-state index in [-0.39, 0.29) is 30.6 Å². The van der Waals surface area contributed by atoms with E-state index in [9.17, 15) is 14.0 Å². The van der Waals surface area contributed by atoms with Crippen LogP contribution in [0.2, 0.25) is 0 Å². The Morgan fingerprint density at radius 2 is 1.96 bits per heavy atom. The van der Waals surface area contributed by atoms with Gasteiger partial charge in [-0.1, -0.05) is 23.8 Å². The fraction of sp³-hybridized carbons (Fsp3) is 0.450. The van der Waals surface area contributed by atoms with E-state index in [4.69, 9.17) is 0 Å². The van der Waals surface area contributed by atoms with Gasteiger partial charge in [-0.2, -0.15) is 5.10 Å². The SMILES string of the molecule is O=C(NCCC1=CCCCC1)C1=NN(Cc2ccc(F)cc2)C(=O)CC1. The van der Waals surface area contributed by atoms with Gasteiger partial charge in [0, 0.05) is 19.4 Å². The number of allylic oxidation sites excluding steroid dienone is 1. The van der Waals surface area contributed by atoms with Crippen LogP contribution in [-0.4, -0.2) is 29.1 Å². The molecule has 0 unspecified atom stereocenters. The lowest BCUT2D eigenvalue weighted by molar-refractivity contribution is -0.132. The predicted molar refractivity (Wildman–Crippen MR) is 97.8 cm³/mol. The number of rotatable bonds is 6. The minimum absolute atomic E-state index is 0.127. The molecular formula is C20H24FN3O2. The summed E-state index contributed by atoms with van der Waals surface area (Å²) in [6.07, 6.45) is 8.50. The highest BCUT2D eigenvalue weighted by atomic mass is 19.1. The number of nitrogens with zero attached hydrogens (tertiary/aromatic N) is 2. The predicted octanol–water partition coefficient (Wildman–Crippen LogP) is 3.31. The Morgan fingerprint density at radius 1 is 1.15 bits per heavy atom. The van der Waals surface area contributed by atoms with Crippen LogP contribution < -0.4 is 5.32 Å². The zero-order valence-corrected chi connectivity index (χ0v) is 14.8. The molecule has 5 nitrogen and oxygen atoms in total. The summed E-state index contributed by atoms with van der Waals surface area (Å²) in [5.74, 6) is -0.661. The lowest BCUT2D eigenvalue weighted by Gasteiger charge is -2.23. The first-order valence-electron chi connectivity index (χ1n) is 9.20. The van der Waals surface area contributed by atoms with E-state index in [1.807, 2.05) is 0 Å². The van der Waals surface area contributed by atoms with Gasteiger partial charge in [-0.3, -0.25) is 9.59 Å². The van der Waals surface area contributed by atoms with E-state index in [0.29, 0.717) is 18.7 Å². The highest BCUT2D eigenvalue weighted by molar-refractivity contribution is 6.39. The first-order valence-corrected chi connectivity index (χ1v) is 9.20. The largest absolute Gasteiger partial charge is 0.351 e. The molecule has 0 saturated heterocycles. The number of amides is 2. The van der Waals surface area contributed by atoms with Gasteiger partial charge in [-0.25, -0.2) is 9.40 Å². The van der Waals surface area contributed by atoms with Crippen molar-refractivity contribution in [2.24, 2.45) is 5.10 Å². The van der Waals surface area contributed by atoms with Crippen LogP contribution in [0.3, 0.4) is 0 Å². The van der Waals surface area contributed by atoms with Crippen LogP contribution >= 0.6 is 0 Å². The Kier molecular flexibility index (Phi) is 6.15. The van der Waals surface area contributed by atoms with Crippen molar-refractivity contribution >= 4 is 17.5 Å². The summed E-state index contributed by atoms with van der Waals surface area (Å²) in [5.41, 5.74) is 2.56. The quantitative estimate of drug-likeness (QED) is 0.794. The van der Waals surface area contributed by atoms with Gasteiger partial charge in [0.2, 0.25) is 5.91 Å². The first kappa shape index (κ1) is 18.3. The maximum absolute atomic E-state index is 13.0. The van der Waals surface area contributed by atoms with Crippen LogP contribution in [0.25, 0.3) is 0 Å². The molecule has 0 aromatic heterocycles. The standard InChI is InChI=1S/C20H24FN3O2/c21-17-8-6-16(7-9-17)14-24-19(25)11-10-18(23-24)20(26)22-13-12-15-4-2-1-3-5-15/h4,6-9H,1-3,5,10-14H2,(H,22,26). The minimum Gasteiger partial charge on any atom is -0.351 e. The molecule has 0 spiro atoms. The van der Waals surface area contributed by atoms with Gasteiger partial charge in [0.25, 0.3) is 5.91 Å². The van der Waals surface area contributed by atoms with Crippen molar-refractivity contribution in [3.05, 3.63) is 47.3 Å². The van der Waals surface area contributed by atoms with Crippen molar-refractivity contribution < 1.29 is 14.0 Å². The number of hydrogen-bond acceptors (Lipinski definition) is 3. The lowest BCUT2D eigenvalue weighted by Crippen LogP contribution is -2.39. The number of halogens is 1. The van der Waals surface area contributed by atoms with E-state index >= 15 is 0 Å². The molecule has 2 amide bonds. The minimum atomic E-state index is -0.324. The van der Waals surface area contributed by atoms with E-state index in [2.05, 4.69) is 16.5 Å². The zero-order valence-electron chi connectivity index (χ0n) is 14.8. The fourth-order valence-electron chi connectivity index (χ4n) is 3.22. The van der Waals surface area contributed by atoms with Crippen molar-refractivity contribution in [1.29, 1.82) is 0 Å². The smallest absolute Gasteiger partial charge is 0.267 e. The molecule has 0 saturated carbocycles. The second-order valence-corrected chi connectivity index (χ2v) is 6.74. The third-order valence-corrected chi connectivity index (χ3v) is 4.73. The maximum atomic E-state index is 13.0. The molecule has 0 radical (unpaired) electrons. The molecule has 26 heavy (non-hydrogen) atoms. The molecule has 1 aromatic carbocycles. The topological polar surface area (TPSA) is 61.8 Å². The van der Waals surface area contributed by atoms with E-state index in [1.54, 1.807) is 12.1 Å². The Hall–Kier alpha value is -2.50. The Labute approximate surface area is 153 Å². The van der Waals surface area contributed by atoms with Gasteiger partial charge in [-0.05, 0) is 49.8 Å². The molecular weight excluding hydrogens is 333 g/mol. The van der Waals surface area contributed by atoms with Gasteiger partial charge in [0.05, 0.1) is 6.54 Å². The van der Waals surface area contributed by atoms with E-state index in [0.717, 1.165) is 24.8 Å². The van der Waals surface area contributed by atoms with Crippen LogP contribution in [0.4, 0.5) is 4.39 Å². The average molecular weight is 357 g/mol. The molecule has 1 aliphatic carbocycles. The summed E-state index contributed by atoms with van der Waals surface area (Å²) in [7, 11) is 0. The molecule has 2 aliphatic rings. The summed E-state index contributed by atoms with van der Waals surface area (Å²) in [6, 6.07) is 5.93. The number of carbonyl (C=O) groups is 2. The van der Waals surface area contributed by atoms with Crippen LogP contribution in [-0.2, 0) is 16.1 Å². The lowest BCUT2D eigenvalue weighted by atomic mass is 9.97. The average Bonchev–Trinajstić information content (AvgIpc) is 2.66. The summed E-state index contributed by atoms with van der Waals surface area (Å²) in [5, 5.41) is 8.44. The summed E-state index contributed by atoms with van der Waals surface area (Å²) >= 11 is 0. The fourth-order valence-corrected chi connectivity index (χ4v) is 3.22. The Morgan fingerprint density at radius 3 is 2.69 bits per heavy atom. The highest BCUT2D eigenvalue weighted by Gasteiger charge is 2.24. The summed E-state index contributed by atoms with van der Waals surface area (Å²) < 4.78 is 13.0. The van der Waals surface area contributed by atoms with Gasteiger partial charge < -0.3 is 5.32 Å². The van der Waals surface area contributed by atoms with Gasteiger partial charge >= 0.3 is 0 Å². The van der Waals surface area contributed by atoms with Crippen molar-refractivity contribution in [3.8, 4) is 0 Å². The molecule has 6 heteroatoms. The van der Waals surface area contributed by atoms with Crippen molar-refractivity contribution in [2.45, 2.75) is 51.5 Å². The number of hydrogen-bond donors (Lipinski definition) is 1. The van der Waals surface area contributed by atoms with E-state index in [1.165, 1.54) is 35.6 Å². The van der Waals surface area contributed by atoms with Crippen LogP contribution in [0.1, 0.15) is 50.5 Å². The van der Waals surface area contributed by atoms with Crippen molar-refractivity contribution in [2.75, 3.05) is 6.54 Å². The second kappa shape index (κ2) is 8.74. The number of hydrazone groups is 1. The first-order chi connectivity index (χ1) is 12.6. The summed E-state index contributed by atoms with van der Waals surface area (Å²) in [4.78, 5) is 24.4. The molecule has 1 aromatic rings. The summed E-state index contributed by atoms with van der Waals surface area (Å²) in [6.45, 7) is 0.832. The normalized spacial score (nSPS) is 17.6. The molecule has 1 heterocycles. The van der Waals surface area contributed by atoms with Crippen LogP contribution in [0.15, 0.2) is 41.0 Å². The number of nitrogens with one attached hydrogen (secondary N) is 1. The molecule has 3 rings (SSSR count). The molecule has 1 aliphatic heterocycles. The third-order valence-electron chi connectivity index (χ3n) is 4.73. The van der Waals surface area contributed by atoms with Crippen molar-refractivity contribution in [3.63, 3.8) is 0 Å². The Bertz CT molecular complexity index is 725. The van der Waals surface area contributed by atoms with Gasteiger partial charge in [0.15, 0.2) is 0 Å². The molecule has 138 valence electrons. The van der Waals surface area contributed by atoms with Crippen molar-refractivity contribution in [1.82, 2.24) is 10.3 Å². The molecule has 0 fully saturated rings. The maximum Gasteiger partial charge on any atom is 0.267 e. The molecule has 0 bridgehead atoms. The second-order valence-electron chi connectivity index (χ2n) is 6.74. The number of carbonyl (C=O) groups excluding carboxylic acids is 2. The third kappa shape index (κ3) is 5.00.